The Hall–Kier alpha value is -0.610. The van der Waals surface area contributed by atoms with E-state index in [4.69, 9.17) is 14.6 Å². The predicted molar refractivity (Wildman–Crippen MR) is 39.9 cm³/mol. The maximum Gasteiger partial charge on any atom is 0.305 e. The Morgan fingerprint density at radius 2 is 2.33 bits per heavy atom. The average molecular weight is 172 g/mol. The van der Waals surface area contributed by atoms with Crippen LogP contribution in [-0.4, -0.2) is 36.0 Å². The van der Waals surface area contributed by atoms with Crippen molar-refractivity contribution in [2.24, 2.45) is 0 Å². The van der Waals surface area contributed by atoms with Crippen LogP contribution in [0.15, 0.2) is 0 Å². The van der Waals surface area contributed by atoms with Crippen LogP contribution in [0.4, 0.5) is 0 Å². The largest absolute Gasteiger partial charge is 0.481 e. The van der Waals surface area contributed by atoms with Crippen molar-refractivity contribution in [1.82, 2.24) is 0 Å². The molecule has 2 fully saturated rings. The van der Waals surface area contributed by atoms with E-state index in [1.165, 1.54) is 0 Å². The first-order valence-corrected chi connectivity index (χ1v) is 4.24. The molecular formula is C8H12O4. The second kappa shape index (κ2) is 3.03. The summed E-state index contributed by atoms with van der Waals surface area (Å²) < 4.78 is 10.9. The van der Waals surface area contributed by atoms with Gasteiger partial charge in [0.25, 0.3) is 0 Å². The maximum atomic E-state index is 10.4. The van der Waals surface area contributed by atoms with Crippen LogP contribution < -0.4 is 0 Å². The SMILES string of the molecule is O=C(O)CC1CC2OCCC2O1. The maximum absolute atomic E-state index is 10.4. The molecule has 4 heteroatoms. The predicted octanol–water partition coefficient (Wildman–Crippen LogP) is 0.408. The fourth-order valence-corrected chi connectivity index (χ4v) is 1.89. The lowest BCUT2D eigenvalue weighted by molar-refractivity contribution is -0.139. The van der Waals surface area contributed by atoms with Gasteiger partial charge in [-0.3, -0.25) is 4.79 Å². The van der Waals surface area contributed by atoms with Gasteiger partial charge in [0.1, 0.15) is 0 Å². The van der Waals surface area contributed by atoms with Crippen LogP contribution in [0.2, 0.25) is 0 Å². The summed E-state index contributed by atoms with van der Waals surface area (Å²) in [5.74, 6) is -0.792. The van der Waals surface area contributed by atoms with Crippen molar-refractivity contribution in [3.63, 3.8) is 0 Å². The lowest BCUT2D eigenvalue weighted by Gasteiger charge is -2.07. The van der Waals surface area contributed by atoms with E-state index >= 15 is 0 Å². The molecule has 4 nitrogen and oxygen atoms in total. The molecule has 0 aromatic carbocycles. The fourth-order valence-electron chi connectivity index (χ4n) is 1.89. The van der Waals surface area contributed by atoms with Crippen LogP contribution in [0, 0.1) is 0 Å². The molecule has 3 atom stereocenters. The van der Waals surface area contributed by atoms with Crippen molar-refractivity contribution in [1.29, 1.82) is 0 Å². The highest BCUT2D eigenvalue weighted by Crippen LogP contribution is 2.31. The molecule has 0 spiro atoms. The number of hydrogen-bond donors (Lipinski definition) is 1. The third-order valence-electron chi connectivity index (χ3n) is 2.41. The summed E-state index contributed by atoms with van der Waals surface area (Å²) >= 11 is 0. The van der Waals surface area contributed by atoms with Gasteiger partial charge in [-0.15, -0.1) is 0 Å². The van der Waals surface area contributed by atoms with E-state index in [-0.39, 0.29) is 24.7 Å². The number of fused-ring (bicyclic) bond motifs is 1. The lowest BCUT2D eigenvalue weighted by atomic mass is 10.1. The van der Waals surface area contributed by atoms with E-state index in [0.29, 0.717) is 0 Å². The number of hydrogen-bond acceptors (Lipinski definition) is 3. The average Bonchev–Trinajstić information content (AvgIpc) is 2.43. The molecule has 2 saturated heterocycles. The first kappa shape index (κ1) is 8.01. The van der Waals surface area contributed by atoms with E-state index in [0.717, 1.165) is 19.4 Å². The third kappa shape index (κ3) is 1.44. The van der Waals surface area contributed by atoms with Gasteiger partial charge in [-0.2, -0.15) is 0 Å². The molecule has 0 bridgehead atoms. The molecule has 2 aliphatic heterocycles. The van der Waals surface area contributed by atoms with Crippen molar-refractivity contribution in [2.45, 2.75) is 37.6 Å². The molecule has 0 aliphatic carbocycles. The Morgan fingerprint density at radius 3 is 3.00 bits per heavy atom. The number of carboxylic acid groups (broad SMARTS) is 1. The molecule has 0 aromatic rings. The van der Waals surface area contributed by atoms with E-state index in [9.17, 15) is 4.79 Å². The zero-order valence-corrected chi connectivity index (χ0v) is 6.73. The highest BCUT2D eigenvalue weighted by molar-refractivity contribution is 5.67. The van der Waals surface area contributed by atoms with E-state index < -0.39 is 5.97 Å². The summed E-state index contributed by atoms with van der Waals surface area (Å²) in [5, 5.41) is 8.52. The molecule has 2 rings (SSSR count). The van der Waals surface area contributed by atoms with Gasteiger partial charge in [0, 0.05) is 13.0 Å². The quantitative estimate of drug-likeness (QED) is 0.655. The zero-order chi connectivity index (χ0) is 8.55. The van der Waals surface area contributed by atoms with E-state index in [1.54, 1.807) is 0 Å². The van der Waals surface area contributed by atoms with E-state index in [2.05, 4.69) is 0 Å². The summed E-state index contributed by atoms with van der Waals surface area (Å²) in [4.78, 5) is 10.4. The van der Waals surface area contributed by atoms with Crippen LogP contribution in [0.25, 0.3) is 0 Å². The molecule has 68 valence electrons. The van der Waals surface area contributed by atoms with Crippen molar-refractivity contribution in [3.05, 3.63) is 0 Å². The van der Waals surface area contributed by atoms with Crippen molar-refractivity contribution in [3.8, 4) is 0 Å². The number of ether oxygens (including phenoxy) is 2. The first-order valence-electron chi connectivity index (χ1n) is 4.24. The van der Waals surface area contributed by atoms with Crippen LogP contribution in [-0.2, 0) is 14.3 Å². The van der Waals surface area contributed by atoms with Gasteiger partial charge in [-0.25, -0.2) is 0 Å². The standard InChI is InChI=1S/C8H12O4/c9-8(10)4-5-3-7-6(12-5)1-2-11-7/h5-7H,1-4H2,(H,9,10). The van der Waals surface area contributed by atoms with Gasteiger partial charge in [0.15, 0.2) is 0 Å². The van der Waals surface area contributed by atoms with Crippen LogP contribution in [0.3, 0.4) is 0 Å². The van der Waals surface area contributed by atoms with Gasteiger partial charge in [-0.05, 0) is 6.42 Å². The topological polar surface area (TPSA) is 55.8 Å². The molecule has 12 heavy (non-hydrogen) atoms. The fraction of sp³-hybridized carbons (Fsp3) is 0.875. The smallest absolute Gasteiger partial charge is 0.305 e. The molecule has 3 unspecified atom stereocenters. The first-order chi connectivity index (χ1) is 5.75. The van der Waals surface area contributed by atoms with Crippen LogP contribution in [0.5, 0.6) is 0 Å². The Kier molecular flexibility index (Phi) is 2.02. The second-order valence-corrected chi connectivity index (χ2v) is 3.33. The molecule has 0 radical (unpaired) electrons. The summed E-state index contributed by atoms with van der Waals surface area (Å²) in [6.45, 7) is 0.759. The Bertz CT molecular complexity index is 179. The van der Waals surface area contributed by atoms with E-state index in [1.807, 2.05) is 0 Å². The summed E-state index contributed by atoms with van der Waals surface area (Å²) in [7, 11) is 0. The van der Waals surface area contributed by atoms with Gasteiger partial charge < -0.3 is 14.6 Å². The highest BCUT2D eigenvalue weighted by Gasteiger charge is 2.39. The van der Waals surface area contributed by atoms with Crippen LogP contribution in [0.1, 0.15) is 19.3 Å². The van der Waals surface area contributed by atoms with Crippen molar-refractivity contribution in [2.75, 3.05) is 6.61 Å². The number of aliphatic carboxylic acids is 1. The van der Waals surface area contributed by atoms with Gasteiger partial charge in [0.05, 0.1) is 24.7 Å². The molecular weight excluding hydrogens is 160 g/mol. The van der Waals surface area contributed by atoms with Crippen LogP contribution >= 0.6 is 0 Å². The normalized spacial score (nSPS) is 39.8. The molecule has 1 N–H and O–H groups in total. The minimum absolute atomic E-state index is 0.107. The minimum atomic E-state index is -0.792. The zero-order valence-electron chi connectivity index (χ0n) is 6.73. The minimum Gasteiger partial charge on any atom is -0.481 e. The summed E-state index contributed by atoms with van der Waals surface area (Å²) in [6, 6.07) is 0. The number of rotatable bonds is 2. The molecule has 2 aliphatic rings. The van der Waals surface area contributed by atoms with Gasteiger partial charge in [0.2, 0.25) is 0 Å². The van der Waals surface area contributed by atoms with Crippen molar-refractivity contribution >= 4 is 5.97 Å². The third-order valence-corrected chi connectivity index (χ3v) is 2.41. The lowest BCUT2D eigenvalue weighted by Crippen LogP contribution is -2.14. The molecule has 2 heterocycles. The Labute approximate surface area is 70.5 Å². The Balaban J connectivity index is 1.86. The Morgan fingerprint density at radius 1 is 1.50 bits per heavy atom. The van der Waals surface area contributed by atoms with Gasteiger partial charge in [-0.1, -0.05) is 0 Å². The molecule has 0 saturated carbocycles. The number of carbonyl (C=O) groups is 1. The second-order valence-electron chi connectivity index (χ2n) is 3.33. The highest BCUT2D eigenvalue weighted by atomic mass is 16.6. The number of carboxylic acids is 1. The summed E-state index contributed by atoms with van der Waals surface area (Å²) in [5.41, 5.74) is 0. The summed E-state index contributed by atoms with van der Waals surface area (Å²) in [6.07, 6.45) is 1.97. The van der Waals surface area contributed by atoms with Crippen molar-refractivity contribution < 1.29 is 19.4 Å². The van der Waals surface area contributed by atoms with Gasteiger partial charge >= 0.3 is 5.97 Å². The molecule has 0 aromatic heterocycles. The monoisotopic (exact) mass is 172 g/mol. The molecule has 0 amide bonds.